The maximum atomic E-state index is 6.02. The highest BCUT2D eigenvalue weighted by molar-refractivity contribution is 6.30. The molecule has 0 saturated carbocycles. The van der Waals surface area contributed by atoms with Crippen molar-refractivity contribution in [1.29, 1.82) is 0 Å². The predicted octanol–water partition coefficient (Wildman–Crippen LogP) is 3.84. The Labute approximate surface area is 121 Å². The molecule has 0 radical (unpaired) electrons. The molecule has 3 rings (SSSR count). The molecule has 2 aromatic carbocycles. The average Bonchev–Trinajstić information content (AvgIpc) is 2.92. The molecule has 0 atom stereocenters. The first-order valence-corrected chi connectivity index (χ1v) is 6.63. The molecule has 4 nitrogen and oxygen atoms in total. The highest BCUT2D eigenvalue weighted by atomic mass is 35.5. The maximum Gasteiger partial charge on any atom is 0.123 e. The molecule has 0 bridgehead atoms. The van der Waals surface area contributed by atoms with Gasteiger partial charge in [0.15, 0.2) is 0 Å². The van der Waals surface area contributed by atoms with Crippen LogP contribution in [-0.2, 0) is 6.54 Å². The number of aromatic amines is 1. The number of aromatic nitrogens is 2. The summed E-state index contributed by atoms with van der Waals surface area (Å²) in [4.78, 5) is 0. The number of nitrogens with zero attached hydrogens (tertiary/aromatic N) is 1. The fourth-order valence-corrected chi connectivity index (χ4v) is 2.32. The van der Waals surface area contributed by atoms with Crippen LogP contribution in [-0.4, -0.2) is 17.3 Å². The second-order valence-corrected chi connectivity index (χ2v) is 4.92. The molecule has 1 heterocycles. The minimum Gasteiger partial charge on any atom is -0.496 e. The summed E-state index contributed by atoms with van der Waals surface area (Å²) < 4.78 is 5.33. The lowest BCUT2D eigenvalue weighted by molar-refractivity contribution is 0.410. The third kappa shape index (κ3) is 2.56. The SMILES string of the molecule is COc1ccc(Cl)cc1CNc1ccc2cn[nH]c2c1. The first-order valence-electron chi connectivity index (χ1n) is 6.26. The van der Waals surface area contributed by atoms with E-state index in [1.165, 1.54) is 0 Å². The monoisotopic (exact) mass is 287 g/mol. The minimum atomic E-state index is 0.642. The van der Waals surface area contributed by atoms with Crippen molar-refractivity contribution in [2.45, 2.75) is 6.54 Å². The zero-order valence-electron chi connectivity index (χ0n) is 11.0. The van der Waals surface area contributed by atoms with Crippen molar-refractivity contribution in [3.05, 3.63) is 53.2 Å². The van der Waals surface area contributed by atoms with Crippen molar-refractivity contribution in [1.82, 2.24) is 10.2 Å². The van der Waals surface area contributed by atoms with Crippen LogP contribution in [0.4, 0.5) is 5.69 Å². The number of fused-ring (bicyclic) bond motifs is 1. The third-order valence-electron chi connectivity index (χ3n) is 3.17. The van der Waals surface area contributed by atoms with Gasteiger partial charge in [0.25, 0.3) is 0 Å². The molecule has 0 fully saturated rings. The van der Waals surface area contributed by atoms with Crippen LogP contribution in [0.15, 0.2) is 42.6 Å². The van der Waals surface area contributed by atoms with Crippen molar-refractivity contribution in [2.75, 3.05) is 12.4 Å². The molecule has 0 amide bonds. The quantitative estimate of drug-likeness (QED) is 0.766. The van der Waals surface area contributed by atoms with E-state index in [2.05, 4.69) is 15.5 Å². The van der Waals surface area contributed by atoms with Gasteiger partial charge in [-0.05, 0) is 36.4 Å². The highest BCUT2D eigenvalue weighted by Gasteiger charge is 2.04. The lowest BCUT2D eigenvalue weighted by Crippen LogP contribution is -2.01. The van der Waals surface area contributed by atoms with Crippen LogP contribution in [0.3, 0.4) is 0 Å². The van der Waals surface area contributed by atoms with Crippen molar-refractivity contribution in [3.8, 4) is 5.75 Å². The Bertz CT molecular complexity index is 739. The Morgan fingerprint density at radius 3 is 3.00 bits per heavy atom. The summed E-state index contributed by atoms with van der Waals surface area (Å²) >= 11 is 6.02. The van der Waals surface area contributed by atoms with Gasteiger partial charge in [-0.15, -0.1) is 0 Å². The lowest BCUT2D eigenvalue weighted by Gasteiger charge is -2.11. The van der Waals surface area contributed by atoms with Crippen LogP contribution >= 0.6 is 11.6 Å². The highest BCUT2D eigenvalue weighted by Crippen LogP contribution is 2.24. The molecule has 3 aromatic rings. The number of hydrogen-bond donors (Lipinski definition) is 2. The number of rotatable bonds is 4. The molecule has 0 aliphatic rings. The summed E-state index contributed by atoms with van der Waals surface area (Å²) in [5, 5.41) is 12.1. The Balaban J connectivity index is 1.80. The standard InChI is InChI=1S/C15H14ClN3O/c1-20-15-5-3-12(16)6-11(15)8-17-13-4-2-10-9-18-19-14(10)7-13/h2-7,9,17H,8H2,1H3,(H,18,19). The molecule has 0 aliphatic heterocycles. The Kier molecular flexibility index (Phi) is 3.48. The normalized spacial score (nSPS) is 10.7. The zero-order chi connectivity index (χ0) is 13.9. The van der Waals surface area contributed by atoms with E-state index in [0.717, 1.165) is 27.9 Å². The maximum absolute atomic E-state index is 6.02. The number of anilines is 1. The molecule has 1 aromatic heterocycles. The van der Waals surface area contributed by atoms with Crippen LogP contribution in [0, 0.1) is 0 Å². The van der Waals surface area contributed by atoms with Gasteiger partial charge >= 0.3 is 0 Å². The van der Waals surface area contributed by atoms with Crippen LogP contribution in [0.1, 0.15) is 5.56 Å². The number of H-pyrrole nitrogens is 1. The molecule has 2 N–H and O–H groups in total. The van der Waals surface area contributed by atoms with E-state index < -0.39 is 0 Å². The van der Waals surface area contributed by atoms with Crippen molar-refractivity contribution in [3.63, 3.8) is 0 Å². The summed E-state index contributed by atoms with van der Waals surface area (Å²) in [5.74, 6) is 0.824. The lowest BCUT2D eigenvalue weighted by atomic mass is 10.2. The second kappa shape index (κ2) is 5.43. The Hall–Kier alpha value is -2.20. The van der Waals surface area contributed by atoms with E-state index in [4.69, 9.17) is 16.3 Å². The summed E-state index contributed by atoms with van der Waals surface area (Å²) in [6.45, 7) is 0.642. The number of nitrogens with one attached hydrogen (secondary N) is 2. The average molecular weight is 288 g/mol. The molecule has 0 spiro atoms. The van der Waals surface area contributed by atoms with E-state index in [9.17, 15) is 0 Å². The second-order valence-electron chi connectivity index (χ2n) is 4.48. The summed E-state index contributed by atoms with van der Waals surface area (Å²) in [6, 6.07) is 11.7. The molecule has 102 valence electrons. The van der Waals surface area contributed by atoms with E-state index in [0.29, 0.717) is 11.6 Å². The van der Waals surface area contributed by atoms with Gasteiger partial charge in [-0.2, -0.15) is 5.10 Å². The third-order valence-corrected chi connectivity index (χ3v) is 3.40. The molecular weight excluding hydrogens is 274 g/mol. The predicted molar refractivity (Wildman–Crippen MR) is 81.4 cm³/mol. The fourth-order valence-electron chi connectivity index (χ4n) is 2.13. The fraction of sp³-hybridized carbons (Fsp3) is 0.133. The topological polar surface area (TPSA) is 49.9 Å². The molecule has 5 heteroatoms. The van der Waals surface area contributed by atoms with E-state index >= 15 is 0 Å². The Morgan fingerprint density at radius 1 is 1.25 bits per heavy atom. The van der Waals surface area contributed by atoms with Gasteiger partial charge in [0.2, 0.25) is 0 Å². The molecule has 0 unspecified atom stereocenters. The molecule has 0 saturated heterocycles. The van der Waals surface area contributed by atoms with Gasteiger partial charge in [-0.3, -0.25) is 5.10 Å². The molecule has 0 aliphatic carbocycles. The summed E-state index contributed by atoms with van der Waals surface area (Å²) in [6.07, 6.45) is 1.80. The first-order chi connectivity index (χ1) is 9.76. The van der Waals surface area contributed by atoms with Crippen LogP contribution in [0.5, 0.6) is 5.75 Å². The number of benzene rings is 2. The van der Waals surface area contributed by atoms with Gasteiger partial charge < -0.3 is 10.1 Å². The van der Waals surface area contributed by atoms with Gasteiger partial charge in [-0.1, -0.05) is 11.6 Å². The van der Waals surface area contributed by atoms with Gasteiger partial charge in [0, 0.05) is 28.2 Å². The molecule has 20 heavy (non-hydrogen) atoms. The Morgan fingerprint density at radius 2 is 2.15 bits per heavy atom. The minimum absolute atomic E-state index is 0.642. The number of methoxy groups -OCH3 is 1. The van der Waals surface area contributed by atoms with Crippen molar-refractivity contribution < 1.29 is 4.74 Å². The summed E-state index contributed by atoms with van der Waals surface area (Å²) in [5.41, 5.74) is 3.04. The van der Waals surface area contributed by atoms with Gasteiger partial charge in [0.1, 0.15) is 5.75 Å². The van der Waals surface area contributed by atoms with E-state index in [1.54, 1.807) is 13.3 Å². The smallest absolute Gasteiger partial charge is 0.123 e. The van der Waals surface area contributed by atoms with Crippen molar-refractivity contribution in [2.24, 2.45) is 0 Å². The largest absolute Gasteiger partial charge is 0.496 e. The van der Waals surface area contributed by atoms with Gasteiger partial charge in [0.05, 0.1) is 18.8 Å². The number of halogens is 1. The zero-order valence-corrected chi connectivity index (χ0v) is 11.7. The van der Waals surface area contributed by atoms with E-state index in [-0.39, 0.29) is 0 Å². The first kappa shape index (κ1) is 12.8. The van der Waals surface area contributed by atoms with Crippen LogP contribution in [0.25, 0.3) is 10.9 Å². The number of ether oxygens (including phenoxy) is 1. The van der Waals surface area contributed by atoms with Gasteiger partial charge in [-0.25, -0.2) is 0 Å². The van der Waals surface area contributed by atoms with E-state index in [1.807, 2.05) is 36.4 Å². The van der Waals surface area contributed by atoms with Crippen LogP contribution < -0.4 is 10.1 Å². The van der Waals surface area contributed by atoms with Crippen LogP contribution in [0.2, 0.25) is 5.02 Å². The number of hydrogen-bond acceptors (Lipinski definition) is 3. The van der Waals surface area contributed by atoms with Crippen molar-refractivity contribution >= 4 is 28.2 Å². The molecular formula is C15H14ClN3O. The summed E-state index contributed by atoms with van der Waals surface area (Å²) in [7, 11) is 1.66.